The van der Waals surface area contributed by atoms with Crippen molar-refractivity contribution in [2.24, 2.45) is 16.0 Å². The number of anilines is 1. The minimum atomic E-state index is -1.57. The number of aromatic nitrogens is 1. The summed E-state index contributed by atoms with van der Waals surface area (Å²) < 4.78 is 24.3. The van der Waals surface area contributed by atoms with Gasteiger partial charge in [0.1, 0.15) is 11.6 Å². The summed E-state index contributed by atoms with van der Waals surface area (Å²) >= 11 is -1.57. The van der Waals surface area contributed by atoms with E-state index in [1.165, 1.54) is 0 Å². The molecule has 9 nitrogen and oxygen atoms in total. The molecular weight excluding hydrogens is 404 g/mol. The molecule has 0 bridgehead atoms. The number of fused-ring (bicyclic) bond motifs is 1. The van der Waals surface area contributed by atoms with E-state index in [2.05, 4.69) is 19.4 Å². The molecule has 1 aromatic carbocycles. The van der Waals surface area contributed by atoms with Crippen molar-refractivity contribution in [2.45, 2.75) is 19.4 Å². The zero-order valence-electron chi connectivity index (χ0n) is 16.4. The van der Waals surface area contributed by atoms with E-state index in [0.717, 1.165) is 24.9 Å². The number of urea groups is 1. The number of carbonyl (C=O) groups excluding carboxylic acids is 1. The fourth-order valence-electron chi connectivity index (χ4n) is 3.64. The number of hydrogen-bond donors (Lipinski definition) is 3. The van der Waals surface area contributed by atoms with Gasteiger partial charge in [0.05, 0.1) is 17.9 Å². The highest BCUT2D eigenvalue weighted by atomic mass is 32.2. The molecule has 2 amide bonds. The summed E-state index contributed by atoms with van der Waals surface area (Å²) in [4.78, 5) is 18.4. The average Bonchev–Trinajstić information content (AvgIpc) is 2.76. The third kappa shape index (κ3) is 4.70. The van der Waals surface area contributed by atoms with Gasteiger partial charge in [0.2, 0.25) is 11.2 Å². The Labute approximate surface area is 177 Å². The first-order valence-corrected chi connectivity index (χ1v) is 10.9. The molecule has 2 aromatic rings. The number of carbonyl (C=O) groups is 1. The van der Waals surface area contributed by atoms with Crippen LogP contribution >= 0.6 is 0 Å². The van der Waals surface area contributed by atoms with Gasteiger partial charge >= 0.3 is 6.03 Å². The molecule has 1 fully saturated rings. The van der Waals surface area contributed by atoms with Crippen LogP contribution in [0.2, 0.25) is 0 Å². The van der Waals surface area contributed by atoms with E-state index in [-0.39, 0.29) is 17.8 Å². The Morgan fingerprint density at radius 3 is 3.00 bits per heavy atom. The molecule has 3 heterocycles. The Kier molecular flexibility index (Phi) is 6.12. The molecule has 10 heteroatoms. The fraction of sp³-hybridized carbons (Fsp3) is 0.350. The van der Waals surface area contributed by atoms with Crippen LogP contribution in [-0.2, 0) is 17.7 Å². The van der Waals surface area contributed by atoms with E-state index in [0.29, 0.717) is 36.7 Å². The van der Waals surface area contributed by atoms with Crippen LogP contribution in [0.15, 0.2) is 47.1 Å². The maximum absolute atomic E-state index is 12.5. The monoisotopic (exact) mass is 428 g/mol. The maximum Gasteiger partial charge on any atom is 0.317 e. The third-order valence-electron chi connectivity index (χ3n) is 5.13. The largest absolute Gasteiger partial charge is 0.492 e. The van der Waals surface area contributed by atoms with Crippen molar-refractivity contribution in [3.8, 4) is 5.75 Å². The molecule has 1 unspecified atom stereocenters. The SMILES string of the molecule is NC1=NS(=O)Nc2cccc(OC[C@H]3CCCN(C(=O)NCc4ccncc4)C3)c21. The number of nitrogens with one attached hydrogen (secondary N) is 2. The summed E-state index contributed by atoms with van der Waals surface area (Å²) in [6.45, 7) is 2.29. The molecule has 0 spiro atoms. The van der Waals surface area contributed by atoms with Gasteiger partial charge in [0, 0.05) is 37.9 Å². The lowest BCUT2D eigenvalue weighted by Crippen LogP contribution is -2.46. The third-order valence-corrected chi connectivity index (χ3v) is 5.89. The minimum Gasteiger partial charge on any atom is -0.492 e. The Morgan fingerprint density at radius 1 is 1.33 bits per heavy atom. The Balaban J connectivity index is 1.33. The first-order chi connectivity index (χ1) is 14.6. The van der Waals surface area contributed by atoms with Gasteiger partial charge in [0.15, 0.2) is 0 Å². The van der Waals surface area contributed by atoms with Crippen molar-refractivity contribution in [1.82, 2.24) is 15.2 Å². The number of pyridine rings is 1. The Bertz CT molecular complexity index is 968. The molecule has 0 radical (unpaired) electrons. The summed E-state index contributed by atoms with van der Waals surface area (Å²) in [6.07, 6.45) is 5.33. The highest BCUT2D eigenvalue weighted by Crippen LogP contribution is 2.30. The first kappa shape index (κ1) is 20.1. The lowest BCUT2D eigenvalue weighted by atomic mass is 9.99. The van der Waals surface area contributed by atoms with E-state index in [1.807, 2.05) is 29.2 Å². The van der Waals surface area contributed by atoms with Gasteiger partial charge in [-0.25, -0.2) is 9.00 Å². The average molecular weight is 429 g/mol. The van der Waals surface area contributed by atoms with Gasteiger partial charge < -0.3 is 20.7 Å². The predicted molar refractivity (Wildman–Crippen MR) is 115 cm³/mol. The van der Waals surface area contributed by atoms with Gasteiger partial charge in [0.25, 0.3) is 0 Å². The number of rotatable bonds is 5. The molecule has 158 valence electrons. The van der Waals surface area contributed by atoms with Crippen molar-refractivity contribution in [1.29, 1.82) is 0 Å². The van der Waals surface area contributed by atoms with Gasteiger partial charge in [-0.05, 0) is 42.7 Å². The molecule has 2 aliphatic heterocycles. The molecule has 4 rings (SSSR count). The van der Waals surface area contributed by atoms with Gasteiger partial charge in [-0.3, -0.25) is 9.71 Å². The molecule has 1 saturated heterocycles. The Hall–Kier alpha value is -3.14. The quantitative estimate of drug-likeness (QED) is 0.670. The second kappa shape index (κ2) is 9.12. The number of benzene rings is 1. The number of hydrogen-bond acceptors (Lipinski definition) is 5. The summed E-state index contributed by atoms with van der Waals surface area (Å²) in [5, 5.41) is 2.96. The second-order valence-electron chi connectivity index (χ2n) is 7.29. The smallest absolute Gasteiger partial charge is 0.317 e. The van der Waals surface area contributed by atoms with Crippen molar-refractivity contribution in [3.63, 3.8) is 0 Å². The van der Waals surface area contributed by atoms with Crippen LogP contribution in [0.4, 0.5) is 10.5 Å². The molecule has 2 atom stereocenters. The standard InChI is InChI=1S/C20H24N6O3S/c21-19-18-16(24-30(28)25-19)4-1-5-17(18)29-13-15-3-2-10-26(12-15)20(27)23-11-14-6-8-22-9-7-14/h1,4-9,15,24H,2-3,10-13H2,(H2,21,25)(H,23,27)/t15-,30?/m0/s1. The van der Waals surface area contributed by atoms with E-state index in [4.69, 9.17) is 10.5 Å². The number of nitrogens with zero attached hydrogens (tertiary/aromatic N) is 3. The predicted octanol–water partition coefficient (Wildman–Crippen LogP) is 1.79. The number of amides is 2. The lowest BCUT2D eigenvalue weighted by molar-refractivity contribution is 0.137. The van der Waals surface area contributed by atoms with Crippen molar-refractivity contribution >= 4 is 28.7 Å². The van der Waals surface area contributed by atoms with Gasteiger partial charge in [-0.15, -0.1) is 0 Å². The summed E-state index contributed by atoms with van der Waals surface area (Å²) in [5.74, 6) is 1.00. The molecule has 1 aromatic heterocycles. The highest BCUT2D eigenvalue weighted by molar-refractivity contribution is 7.85. The van der Waals surface area contributed by atoms with Gasteiger partial charge in [-0.1, -0.05) is 6.07 Å². The van der Waals surface area contributed by atoms with Crippen LogP contribution in [0.3, 0.4) is 0 Å². The zero-order valence-corrected chi connectivity index (χ0v) is 17.2. The maximum atomic E-state index is 12.5. The van der Waals surface area contributed by atoms with Crippen molar-refractivity contribution in [2.75, 3.05) is 24.4 Å². The van der Waals surface area contributed by atoms with Gasteiger partial charge in [-0.2, -0.15) is 4.40 Å². The number of piperidine rings is 1. The summed E-state index contributed by atoms with van der Waals surface area (Å²) in [6, 6.07) is 9.12. The molecule has 4 N–H and O–H groups in total. The van der Waals surface area contributed by atoms with Crippen LogP contribution < -0.4 is 20.5 Å². The van der Waals surface area contributed by atoms with Crippen LogP contribution in [-0.4, -0.2) is 45.7 Å². The van der Waals surface area contributed by atoms with E-state index in [9.17, 15) is 9.00 Å². The summed E-state index contributed by atoms with van der Waals surface area (Å²) in [5.41, 5.74) is 8.24. The molecule has 0 saturated carbocycles. The molecule has 0 aliphatic carbocycles. The van der Waals surface area contributed by atoms with E-state index in [1.54, 1.807) is 18.5 Å². The molecule has 2 aliphatic rings. The fourth-order valence-corrected chi connectivity index (χ4v) is 4.31. The number of nitrogens with two attached hydrogens (primary N) is 1. The lowest BCUT2D eigenvalue weighted by Gasteiger charge is -2.33. The van der Waals surface area contributed by atoms with Crippen LogP contribution in [0.5, 0.6) is 5.75 Å². The number of ether oxygens (including phenoxy) is 1. The van der Waals surface area contributed by atoms with Crippen molar-refractivity contribution < 1.29 is 13.7 Å². The highest BCUT2D eigenvalue weighted by Gasteiger charge is 2.25. The summed E-state index contributed by atoms with van der Waals surface area (Å²) in [7, 11) is 0. The van der Waals surface area contributed by atoms with Crippen molar-refractivity contribution in [3.05, 3.63) is 53.9 Å². The second-order valence-corrected chi connectivity index (χ2v) is 8.17. The van der Waals surface area contributed by atoms with E-state index < -0.39 is 11.2 Å². The van der Waals surface area contributed by atoms with E-state index >= 15 is 0 Å². The molecular formula is C20H24N6O3S. The Morgan fingerprint density at radius 2 is 2.17 bits per heavy atom. The topological polar surface area (TPSA) is 122 Å². The normalized spacial score (nSPS) is 20.5. The minimum absolute atomic E-state index is 0.0725. The van der Waals surface area contributed by atoms with Crippen LogP contribution in [0.25, 0.3) is 0 Å². The zero-order chi connectivity index (χ0) is 20.9. The van der Waals surface area contributed by atoms with Crippen LogP contribution in [0.1, 0.15) is 24.0 Å². The van der Waals surface area contributed by atoms with Crippen LogP contribution in [0, 0.1) is 5.92 Å². The molecule has 30 heavy (non-hydrogen) atoms. The number of likely N-dealkylation sites (tertiary alicyclic amines) is 1. The first-order valence-electron chi connectivity index (χ1n) is 9.80. The number of amidine groups is 1.